The van der Waals surface area contributed by atoms with Gasteiger partial charge in [-0.2, -0.15) is 0 Å². The first-order valence-corrected chi connectivity index (χ1v) is 8.58. The van der Waals surface area contributed by atoms with Crippen molar-refractivity contribution in [2.24, 2.45) is 0 Å². The zero-order valence-corrected chi connectivity index (χ0v) is 14.7. The van der Waals surface area contributed by atoms with Crippen LogP contribution in [-0.4, -0.2) is 34.3 Å². The van der Waals surface area contributed by atoms with E-state index in [2.05, 4.69) is 10.3 Å². The Morgan fingerprint density at radius 1 is 1.24 bits per heavy atom. The summed E-state index contributed by atoms with van der Waals surface area (Å²) in [5, 5.41) is 2.96. The van der Waals surface area contributed by atoms with Gasteiger partial charge in [0.2, 0.25) is 5.91 Å². The third-order valence-corrected chi connectivity index (χ3v) is 4.56. The molecule has 0 aliphatic carbocycles. The number of aryl methyl sites for hydroxylation is 2. The highest BCUT2D eigenvalue weighted by Crippen LogP contribution is 2.18. The topological polar surface area (TPSA) is 62.3 Å². The lowest BCUT2D eigenvalue weighted by atomic mass is 10.0. The number of nitrogens with one attached hydrogen (secondary N) is 1. The summed E-state index contributed by atoms with van der Waals surface area (Å²) in [4.78, 5) is 30.6. The van der Waals surface area contributed by atoms with Crippen LogP contribution >= 0.6 is 0 Å². The fourth-order valence-corrected chi connectivity index (χ4v) is 3.14. The molecule has 25 heavy (non-hydrogen) atoms. The molecule has 1 aliphatic heterocycles. The van der Waals surface area contributed by atoms with Crippen LogP contribution in [0.4, 0.5) is 0 Å². The molecule has 1 aromatic carbocycles. The SMILES string of the molecule is Cc1ccc(C)c(C(=O)N(Cc2ccncc2)C[C@@H]2CCC(=O)N2)c1. The van der Waals surface area contributed by atoms with E-state index in [4.69, 9.17) is 0 Å². The molecule has 5 heteroatoms. The van der Waals surface area contributed by atoms with E-state index in [0.717, 1.165) is 28.7 Å². The third kappa shape index (κ3) is 4.24. The Morgan fingerprint density at radius 2 is 2.00 bits per heavy atom. The summed E-state index contributed by atoms with van der Waals surface area (Å²) in [7, 11) is 0. The molecule has 1 atom stereocenters. The molecule has 1 saturated heterocycles. The Bertz CT molecular complexity index is 774. The van der Waals surface area contributed by atoms with E-state index in [0.29, 0.717) is 19.5 Å². The second kappa shape index (κ2) is 7.47. The fraction of sp³-hybridized carbons (Fsp3) is 0.350. The third-order valence-electron chi connectivity index (χ3n) is 4.56. The molecule has 3 rings (SSSR count). The standard InChI is InChI=1S/C20H23N3O2/c1-14-3-4-15(2)18(11-14)20(25)23(12-16-7-9-21-10-8-16)13-17-5-6-19(24)22-17/h3-4,7-11,17H,5-6,12-13H2,1-2H3,(H,22,24)/t17-/m0/s1. The first-order chi connectivity index (χ1) is 12.0. The molecule has 1 N–H and O–H groups in total. The van der Waals surface area contributed by atoms with Crippen LogP contribution in [0, 0.1) is 13.8 Å². The van der Waals surface area contributed by atoms with E-state index in [1.54, 1.807) is 12.4 Å². The average molecular weight is 337 g/mol. The first kappa shape index (κ1) is 17.1. The van der Waals surface area contributed by atoms with Gasteiger partial charge >= 0.3 is 0 Å². The number of aromatic nitrogens is 1. The Hall–Kier alpha value is -2.69. The van der Waals surface area contributed by atoms with Crippen molar-refractivity contribution in [1.29, 1.82) is 0 Å². The number of carbonyl (C=O) groups excluding carboxylic acids is 2. The molecule has 0 unspecified atom stereocenters. The van der Waals surface area contributed by atoms with Crippen LogP contribution < -0.4 is 5.32 Å². The monoisotopic (exact) mass is 337 g/mol. The van der Waals surface area contributed by atoms with Crippen molar-refractivity contribution in [2.75, 3.05) is 6.54 Å². The van der Waals surface area contributed by atoms with Crippen molar-refractivity contribution in [1.82, 2.24) is 15.2 Å². The highest BCUT2D eigenvalue weighted by molar-refractivity contribution is 5.96. The maximum Gasteiger partial charge on any atom is 0.254 e. The number of hydrogen-bond acceptors (Lipinski definition) is 3. The van der Waals surface area contributed by atoms with Gasteiger partial charge in [-0.1, -0.05) is 17.7 Å². The summed E-state index contributed by atoms with van der Waals surface area (Å²) < 4.78 is 0. The van der Waals surface area contributed by atoms with E-state index in [-0.39, 0.29) is 17.9 Å². The number of amides is 2. The van der Waals surface area contributed by atoms with Gasteiger partial charge in [0.1, 0.15) is 0 Å². The zero-order valence-electron chi connectivity index (χ0n) is 14.7. The Morgan fingerprint density at radius 3 is 2.68 bits per heavy atom. The second-order valence-corrected chi connectivity index (χ2v) is 6.66. The first-order valence-electron chi connectivity index (χ1n) is 8.58. The second-order valence-electron chi connectivity index (χ2n) is 6.66. The highest BCUT2D eigenvalue weighted by Gasteiger charge is 2.26. The number of nitrogens with zero attached hydrogens (tertiary/aromatic N) is 2. The van der Waals surface area contributed by atoms with Gasteiger partial charge in [0.05, 0.1) is 0 Å². The van der Waals surface area contributed by atoms with Crippen molar-refractivity contribution in [3.8, 4) is 0 Å². The normalized spacial score (nSPS) is 16.6. The maximum atomic E-state index is 13.2. The summed E-state index contributed by atoms with van der Waals surface area (Å²) in [6.45, 7) is 4.95. The van der Waals surface area contributed by atoms with E-state index < -0.39 is 0 Å². The molecule has 0 spiro atoms. The van der Waals surface area contributed by atoms with Gasteiger partial charge in [0, 0.05) is 43.5 Å². The van der Waals surface area contributed by atoms with Crippen LogP contribution in [0.1, 0.15) is 39.9 Å². The Kier molecular flexibility index (Phi) is 5.12. The molecule has 0 saturated carbocycles. The molecule has 0 bridgehead atoms. The lowest BCUT2D eigenvalue weighted by molar-refractivity contribution is -0.119. The quantitative estimate of drug-likeness (QED) is 0.912. The van der Waals surface area contributed by atoms with E-state index in [9.17, 15) is 9.59 Å². The van der Waals surface area contributed by atoms with Crippen molar-refractivity contribution in [3.05, 3.63) is 65.0 Å². The van der Waals surface area contributed by atoms with E-state index >= 15 is 0 Å². The average Bonchev–Trinajstić information content (AvgIpc) is 3.02. The van der Waals surface area contributed by atoms with Crippen molar-refractivity contribution >= 4 is 11.8 Å². The molecule has 130 valence electrons. The molecule has 1 aromatic heterocycles. The number of hydrogen-bond donors (Lipinski definition) is 1. The van der Waals surface area contributed by atoms with Crippen molar-refractivity contribution < 1.29 is 9.59 Å². The lowest BCUT2D eigenvalue weighted by Gasteiger charge is -2.27. The van der Waals surface area contributed by atoms with Gasteiger partial charge in [-0.05, 0) is 49.6 Å². The molecular weight excluding hydrogens is 314 g/mol. The number of pyridine rings is 1. The Balaban J connectivity index is 1.85. The van der Waals surface area contributed by atoms with Crippen LogP contribution in [0.2, 0.25) is 0 Å². The molecule has 1 fully saturated rings. The maximum absolute atomic E-state index is 13.2. The van der Waals surface area contributed by atoms with Crippen LogP contribution in [0.3, 0.4) is 0 Å². The summed E-state index contributed by atoms with van der Waals surface area (Å²) in [6.07, 6.45) is 4.76. The van der Waals surface area contributed by atoms with E-state index in [1.807, 2.05) is 49.1 Å². The summed E-state index contributed by atoms with van der Waals surface area (Å²) in [6, 6.07) is 9.77. The summed E-state index contributed by atoms with van der Waals surface area (Å²) in [5.74, 6) is 0.0622. The van der Waals surface area contributed by atoms with Gasteiger partial charge in [0.15, 0.2) is 0 Å². The lowest BCUT2D eigenvalue weighted by Crippen LogP contribution is -2.41. The van der Waals surface area contributed by atoms with Gasteiger partial charge < -0.3 is 10.2 Å². The predicted molar refractivity (Wildman–Crippen MR) is 96.1 cm³/mol. The molecule has 2 aromatic rings. The largest absolute Gasteiger partial charge is 0.352 e. The molecule has 1 aliphatic rings. The van der Waals surface area contributed by atoms with Gasteiger partial charge in [-0.15, -0.1) is 0 Å². The summed E-state index contributed by atoms with van der Waals surface area (Å²) in [5.41, 5.74) is 3.77. The molecular formula is C20H23N3O2. The minimum absolute atomic E-state index is 0.000777. The summed E-state index contributed by atoms with van der Waals surface area (Å²) >= 11 is 0. The Labute approximate surface area is 148 Å². The predicted octanol–water partition coefficient (Wildman–Crippen LogP) is 2.62. The van der Waals surface area contributed by atoms with Gasteiger partial charge in [-0.25, -0.2) is 0 Å². The molecule has 5 nitrogen and oxygen atoms in total. The molecule has 2 heterocycles. The number of benzene rings is 1. The van der Waals surface area contributed by atoms with Crippen molar-refractivity contribution in [3.63, 3.8) is 0 Å². The smallest absolute Gasteiger partial charge is 0.254 e. The number of rotatable bonds is 5. The van der Waals surface area contributed by atoms with Crippen LogP contribution in [0.15, 0.2) is 42.7 Å². The minimum Gasteiger partial charge on any atom is -0.352 e. The number of carbonyl (C=O) groups is 2. The van der Waals surface area contributed by atoms with Gasteiger partial charge in [-0.3, -0.25) is 14.6 Å². The highest BCUT2D eigenvalue weighted by atomic mass is 16.2. The van der Waals surface area contributed by atoms with Crippen molar-refractivity contribution in [2.45, 2.75) is 39.3 Å². The molecule has 2 amide bonds. The van der Waals surface area contributed by atoms with Gasteiger partial charge in [0.25, 0.3) is 5.91 Å². The fourth-order valence-electron chi connectivity index (χ4n) is 3.14. The van der Waals surface area contributed by atoms with Crippen LogP contribution in [0.25, 0.3) is 0 Å². The molecule has 0 radical (unpaired) electrons. The minimum atomic E-state index is -0.000777. The van der Waals surface area contributed by atoms with Crippen LogP contribution in [0.5, 0.6) is 0 Å². The van der Waals surface area contributed by atoms with Crippen LogP contribution in [-0.2, 0) is 11.3 Å². The van der Waals surface area contributed by atoms with E-state index in [1.165, 1.54) is 0 Å². The zero-order chi connectivity index (χ0) is 17.8.